The SMILES string of the molecule is O=C(NCCCN1CCN(c2ccccc2)CC1)c1ncno1. The summed E-state index contributed by atoms with van der Waals surface area (Å²) in [5.41, 5.74) is 1.29. The van der Waals surface area contributed by atoms with Crippen molar-refractivity contribution in [1.29, 1.82) is 0 Å². The molecule has 1 amide bonds. The first-order valence-electron chi connectivity index (χ1n) is 7.90. The van der Waals surface area contributed by atoms with Gasteiger partial charge in [-0.05, 0) is 25.1 Å². The molecule has 0 aliphatic carbocycles. The van der Waals surface area contributed by atoms with E-state index in [1.54, 1.807) is 0 Å². The number of piperazine rings is 1. The number of aromatic nitrogens is 2. The minimum Gasteiger partial charge on any atom is -0.369 e. The van der Waals surface area contributed by atoms with Gasteiger partial charge in [0.1, 0.15) is 0 Å². The molecule has 0 bridgehead atoms. The smallest absolute Gasteiger partial charge is 0.315 e. The summed E-state index contributed by atoms with van der Waals surface area (Å²) < 4.78 is 4.71. The van der Waals surface area contributed by atoms with E-state index >= 15 is 0 Å². The zero-order valence-corrected chi connectivity index (χ0v) is 13.0. The lowest BCUT2D eigenvalue weighted by molar-refractivity contribution is 0.0907. The van der Waals surface area contributed by atoms with Gasteiger partial charge < -0.3 is 14.7 Å². The Kier molecular flexibility index (Phi) is 5.21. The van der Waals surface area contributed by atoms with E-state index in [0.717, 1.165) is 39.1 Å². The van der Waals surface area contributed by atoms with Gasteiger partial charge in [0.25, 0.3) is 0 Å². The van der Waals surface area contributed by atoms with Crippen LogP contribution < -0.4 is 10.2 Å². The van der Waals surface area contributed by atoms with Crippen molar-refractivity contribution >= 4 is 11.6 Å². The minimum absolute atomic E-state index is 0.0153. The Hall–Kier alpha value is -2.41. The molecule has 0 saturated carbocycles. The molecule has 23 heavy (non-hydrogen) atoms. The summed E-state index contributed by atoms with van der Waals surface area (Å²) in [4.78, 5) is 20.2. The molecule has 7 heteroatoms. The second-order valence-corrected chi connectivity index (χ2v) is 5.52. The quantitative estimate of drug-likeness (QED) is 0.802. The van der Waals surface area contributed by atoms with Crippen molar-refractivity contribution in [1.82, 2.24) is 20.4 Å². The van der Waals surface area contributed by atoms with Gasteiger partial charge in [0.15, 0.2) is 6.33 Å². The Morgan fingerprint density at radius 1 is 1.17 bits per heavy atom. The van der Waals surface area contributed by atoms with Crippen LogP contribution in [0.3, 0.4) is 0 Å². The number of rotatable bonds is 6. The third-order valence-corrected chi connectivity index (χ3v) is 3.99. The highest BCUT2D eigenvalue weighted by molar-refractivity contribution is 5.89. The summed E-state index contributed by atoms with van der Waals surface area (Å²) >= 11 is 0. The number of nitrogens with zero attached hydrogens (tertiary/aromatic N) is 4. The molecule has 1 saturated heterocycles. The number of benzene rings is 1. The van der Waals surface area contributed by atoms with Gasteiger partial charge in [0.2, 0.25) is 0 Å². The maximum absolute atomic E-state index is 11.6. The highest BCUT2D eigenvalue weighted by atomic mass is 16.5. The molecule has 1 aromatic heterocycles. The van der Waals surface area contributed by atoms with Crippen molar-refractivity contribution in [2.24, 2.45) is 0 Å². The largest absolute Gasteiger partial charge is 0.369 e. The molecule has 2 heterocycles. The van der Waals surface area contributed by atoms with Crippen molar-refractivity contribution in [3.8, 4) is 0 Å². The molecular formula is C16H21N5O2. The van der Waals surface area contributed by atoms with Gasteiger partial charge in [0.05, 0.1) is 0 Å². The van der Waals surface area contributed by atoms with Crippen molar-refractivity contribution in [3.63, 3.8) is 0 Å². The first kappa shape index (κ1) is 15.5. The second kappa shape index (κ2) is 7.73. The number of nitrogens with one attached hydrogen (secondary N) is 1. The van der Waals surface area contributed by atoms with Crippen LogP contribution in [0.4, 0.5) is 5.69 Å². The van der Waals surface area contributed by atoms with Crippen LogP contribution in [0.25, 0.3) is 0 Å². The molecule has 1 N–H and O–H groups in total. The number of hydrogen-bond acceptors (Lipinski definition) is 6. The summed E-state index contributed by atoms with van der Waals surface area (Å²) in [6.07, 6.45) is 2.13. The van der Waals surface area contributed by atoms with Crippen molar-refractivity contribution < 1.29 is 9.32 Å². The van der Waals surface area contributed by atoms with Crippen LogP contribution in [0.1, 0.15) is 17.1 Å². The van der Waals surface area contributed by atoms with E-state index in [2.05, 4.69) is 49.5 Å². The number of hydrogen-bond donors (Lipinski definition) is 1. The van der Waals surface area contributed by atoms with Gasteiger partial charge >= 0.3 is 11.8 Å². The summed E-state index contributed by atoms with van der Waals surface area (Å²) in [5, 5.41) is 6.20. The van der Waals surface area contributed by atoms with E-state index < -0.39 is 0 Å². The van der Waals surface area contributed by atoms with Gasteiger partial charge in [-0.3, -0.25) is 9.69 Å². The van der Waals surface area contributed by atoms with Crippen LogP contribution in [0.2, 0.25) is 0 Å². The molecule has 7 nitrogen and oxygen atoms in total. The van der Waals surface area contributed by atoms with Crippen LogP contribution in [-0.2, 0) is 0 Å². The number of carbonyl (C=O) groups is 1. The standard InChI is InChI=1S/C16H21N5O2/c22-15(16-18-13-19-23-16)17-7-4-8-20-9-11-21(12-10-20)14-5-2-1-3-6-14/h1-3,5-6,13H,4,7-12H2,(H,17,22). The summed E-state index contributed by atoms with van der Waals surface area (Å²) in [6, 6.07) is 10.5. The van der Waals surface area contributed by atoms with Gasteiger partial charge in [-0.15, -0.1) is 0 Å². The monoisotopic (exact) mass is 315 g/mol. The van der Waals surface area contributed by atoms with Crippen LogP contribution in [0.5, 0.6) is 0 Å². The lowest BCUT2D eigenvalue weighted by Crippen LogP contribution is -2.47. The average Bonchev–Trinajstić information content (AvgIpc) is 3.15. The van der Waals surface area contributed by atoms with Crippen LogP contribution >= 0.6 is 0 Å². The molecule has 1 aromatic carbocycles. The lowest BCUT2D eigenvalue weighted by atomic mass is 10.2. The molecule has 0 atom stereocenters. The number of carbonyl (C=O) groups excluding carboxylic acids is 1. The van der Waals surface area contributed by atoms with E-state index in [-0.39, 0.29) is 11.8 Å². The molecule has 0 spiro atoms. The molecule has 3 rings (SSSR count). The Morgan fingerprint density at radius 3 is 2.65 bits per heavy atom. The predicted molar refractivity (Wildman–Crippen MR) is 86.3 cm³/mol. The first-order valence-corrected chi connectivity index (χ1v) is 7.90. The van der Waals surface area contributed by atoms with Gasteiger partial charge in [0, 0.05) is 38.4 Å². The number of anilines is 1. The lowest BCUT2D eigenvalue weighted by Gasteiger charge is -2.36. The minimum atomic E-state index is -0.309. The molecule has 122 valence electrons. The third-order valence-electron chi connectivity index (χ3n) is 3.99. The van der Waals surface area contributed by atoms with Gasteiger partial charge in [-0.1, -0.05) is 23.4 Å². The van der Waals surface area contributed by atoms with E-state index in [4.69, 9.17) is 4.52 Å². The van der Waals surface area contributed by atoms with Crippen LogP contribution in [0.15, 0.2) is 41.2 Å². The van der Waals surface area contributed by atoms with E-state index in [0.29, 0.717) is 6.54 Å². The molecule has 1 aliphatic rings. The molecule has 0 unspecified atom stereocenters. The Labute approximate surface area is 135 Å². The molecule has 1 aliphatic heterocycles. The van der Waals surface area contributed by atoms with Crippen molar-refractivity contribution in [2.75, 3.05) is 44.2 Å². The van der Waals surface area contributed by atoms with Crippen molar-refractivity contribution in [3.05, 3.63) is 42.5 Å². The summed E-state index contributed by atoms with van der Waals surface area (Å²) in [5.74, 6) is -0.294. The normalized spacial score (nSPS) is 15.6. The number of amides is 1. The van der Waals surface area contributed by atoms with Crippen molar-refractivity contribution in [2.45, 2.75) is 6.42 Å². The molecule has 2 aromatic rings. The zero-order valence-electron chi connectivity index (χ0n) is 13.0. The third kappa shape index (κ3) is 4.29. The fraction of sp³-hybridized carbons (Fsp3) is 0.438. The van der Waals surface area contributed by atoms with Crippen LogP contribution in [0, 0.1) is 0 Å². The fourth-order valence-corrected chi connectivity index (χ4v) is 2.72. The summed E-state index contributed by atoms with van der Waals surface area (Å²) in [7, 11) is 0. The van der Waals surface area contributed by atoms with Crippen LogP contribution in [-0.4, -0.2) is 60.2 Å². The topological polar surface area (TPSA) is 74.5 Å². The van der Waals surface area contributed by atoms with E-state index in [9.17, 15) is 4.79 Å². The Balaban J connectivity index is 1.33. The summed E-state index contributed by atoms with van der Waals surface area (Å²) in [6.45, 7) is 5.77. The van der Waals surface area contributed by atoms with Gasteiger partial charge in [-0.2, -0.15) is 4.98 Å². The van der Waals surface area contributed by atoms with E-state index in [1.807, 2.05) is 6.07 Å². The van der Waals surface area contributed by atoms with Gasteiger partial charge in [-0.25, -0.2) is 0 Å². The maximum atomic E-state index is 11.6. The Bertz CT molecular complexity index is 594. The average molecular weight is 315 g/mol. The van der Waals surface area contributed by atoms with E-state index in [1.165, 1.54) is 12.0 Å². The molecular weight excluding hydrogens is 294 g/mol. The number of para-hydroxylation sites is 1. The highest BCUT2D eigenvalue weighted by Crippen LogP contribution is 2.15. The highest BCUT2D eigenvalue weighted by Gasteiger charge is 2.17. The molecule has 0 radical (unpaired) electrons. The zero-order chi connectivity index (χ0) is 15.9. The second-order valence-electron chi connectivity index (χ2n) is 5.52. The predicted octanol–water partition coefficient (Wildman–Crippen LogP) is 1.01. The fourth-order valence-electron chi connectivity index (χ4n) is 2.72. The molecule has 1 fully saturated rings. The maximum Gasteiger partial charge on any atom is 0.315 e. The Morgan fingerprint density at radius 2 is 1.96 bits per heavy atom. The first-order chi connectivity index (χ1) is 11.3.